The van der Waals surface area contributed by atoms with Gasteiger partial charge in [0, 0.05) is 32.0 Å². The van der Waals surface area contributed by atoms with Crippen molar-refractivity contribution in [1.82, 2.24) is 0 Å². The van der Waals surface area contributed by atoms with Crippen molar-refractivity contribution >= 4 is 12.3 Å². The molecule has 8 heteroatoms. The number of carboxylic acid groups (broad SMARTS) is 1. The van der Waals surface area contributed by atoms with E-state index in [9.17, 15) is 9.59 Å². The Hall–Kier alpha value is -2.94. The lowest BCUT2D eigenvalue weighted by molar-refractivity contribution is -0.137. The molecule has 218 valence electrons. The van der Waals surface area contributed by atoms with Crippen LogP contribution in [0.15, 0.2) is 24.3 Å². The Morgan fingerprint density at radius 3 is 2.13 bits per heavy atom. The lowest BCUT2D eigenvalue weighted by atomic mass is 9.98. The summed E-state index contributed by atoms with van der Waals surface area (Å²) in [5.74, 6) is 0.973. The molecule has 0 radical (unpaired) electrons. The molecule has 2 aliphatic carbocycles. The van der Waals surface area contributed by atoms with Crippen molar-refractivity contribution < 1.29 is 29.3 Å². The maximum atomic E-state index is 10.7. The average Bonchev–Trinajstić information content (AvgIpc) is 3.50. The number of rotatable bonds is 10. The number of ether oxygens (including phenoxy) is 2. The quantitative estimate of drug-likeness (QED) is 0.331. The van der Waals surface area contributed by atoms with Crippen LogP contribution in [0.4, 0.5) is 0 Å². The lowest BCUT2D eigenvalue weighted by Gasteiger charge is -2.14. The van der Waals surface area contributed by atoms with E-state index in [0.29, 0.717) is 26.1 Å². The van der Waals surface area contributed by atoms with Crippen molar-refractivity contribution in [3.63, 3.8) is 0 Å². The van der Waals surface area contributed by atoms with Crippen LogP contribution in [0, 0.1) is 0 Å². The van der Waals surface area contributed by atoms with Crippen LogP contribution in [-0.4, -0.2) is 54.9 Å². The summed E-state index contributed by atoms with van der Waals surface area (Å²) in [6, 6.07) is 8.49. The monoisotopic (exact) mass is 544 g/mol. The number of benzene rings is 2. The van der Waals surface area contributed by atoms with Crippen molar-refractivity contribution in [2.75, 3.05) is 20.3 Å². The van der Waals surface area contributed by atoms with Crippen molar-refractivity contribution in [1.29, 1.82) is 0 Å². The smallest absolute Gasteiger partial charge is 0.303 e. The molecule has 6 N–H and O–H groups in total. The van der Waals surface area contributed by atoms with E-state index in [1.54, 1.807) is 0 Å². The first kappa shape index (κ1) is 34.1. The van der Waals surface area contributed by atoms with E-state index in [2.05, 4.69) is 6.07 Å². The van der Waals surface area contributed by atoms with Gasteiger partial charge in [-0.3, -0.25) is 4.79 Å². The Morgan fingerprint density at radius 2 is 1.54 bits per heavy atom. The second kappa shape index (κ2) is 18.4. The van der Waals surface area contributed by atoms with Gasteiger partial charge in [-0.15, -0.1) is 0 Å². The van der Waals surface area contributed by atoms with Gasteiger partial charge in [-0.25, -0.2) is 0 Å². The first-order valence-electron chi connectivity index (χ1n) is 14.0. The van der Waals surface area contributed by atoms with Crippen LogP contribution >= 0.6 is 0 Å². The van der Waals surface area contributed by atoms with Crippen LogP contribution in [-0.2, 0) is 48.1 Å². The SMILES string of the molecule is CC.CCOc1cc(CCC(=O)O)c2c(c1)CC(N)C2.CCOc1ccc2c(c1CCC=O)CC(N)C2.CO. The number of aldehydes is 1. The normalized spacial score (nSPS) is 16.2. The molecule has 0 fully saturated rings. The minimum Gasteiger partial charge on any atom is -0.494 e. The number of aliphatic carboxylic acids is 1. The minimum atomic E-state index is -0.771. The molecule has 2 aromatic carbocycles. The van der Waals surface area contributed by atoms with Gasteiger partial charge in [-0.1, -0.05) is 19.9 Å². The zero-order valence-electron chi connectivity index (χ0n) is 24.3. The summed E-state index contributed by atoms with van der Waals surface area (Å²) in [7, 11) is 1.00. The fourth-order valence-electron chi connectivity index (χ4n) is 5.09. The van der Waals surface area contributed by atoms with E-state index in [-0.39, 0.29) is 18.5 Å². The summed E-state index contributed by atoms with van der Waals surface area (Å²) in [6.45, 7) is 9.18. The number of aliphatic hydroxyl groups is 1. The lowest BCUT2D eigenvalue weighted by Crippen LogP contribution is -2.19. The number of carbonyl (C=O) groups excluding carboxylic acids is 1. The van der Waals surface area contributed by atoms with Crippen molar-refractivity contribution in [2.45, 2.75) is 91.1 Å². The molecule has 2 atom stereocenters. The highest BCUT2D eigenvalue weighted by atomic mass is 16.5. The predicted octanol–water partition coefficient (Wildman–Crippen LogP) is 3.81. The van der Waals surface area contributed by atoms with Crippen LogP contribution < -0.4 is 20.9 Å². The Balaban J connectivity index is 0.000000347. The van der Waals surface area contributed by atoms with Gasteiger partial charge in [-0.2, -0.15) is 0 Å². The third-order valence-electron chi connectivity index (χ3n) is 6.52. The fraction of sp³-hybridized carbons (Fsp3) is 0.548. The molecule has 2 aromatic rings. The van der Waals surface area contributed by atoms with E-state index in [0.717, 1.165) is 62.6 Å². The number of fused-ring (bicyclic) bond motifs is 2. The molecule has 0 saturated carbocycles. The molecule has 0 spiro atoms. The molecule has 4 rings (SSSR count). The summed E-state index contributed by atoms with van der Waals surface area (Å²) in [4.78, 5) is 21.2. The number of carboxylic acids is 1. The molecule has 8 nitrogen and oxygen atoms in total. The molecule has 39 heavy (non-hydrogen) atoms. The summed E-state index contributed by atoms with van der Waals surface area (Å²) in [5, 5.41) is 15.8. The van der Waals surface area contributed by atoms with E-state index in [4.69, 9.17) is 31.2 Å². The van der Waals surface area contributed by atoms with Gasteiger partial charge >= 0.3 is 5.97 Å². The highest BCUT2D eigenvalue weighted by Crippen LogP contribution is 2.33. The van der Waals surface area contributed by atoms with E-state index >= 15 is 0 Å². The number of nitrogens with two attached hydrogens (primary N) is 2. The second-order valence-corrected chi connectivity index (χ2v) is 9.20. The standard InChI is InChI=1S/C14H19NO3.C14H19NO2.C2H6.CH4O/c1-2-18-12-6-9(3-4-14(16)17)13-8-11(15)5-10(13)7-12;1-2-17-14-6-5-10-8-11(15)9-13(10)12(14)4-3-7-16;2*1-2/h6-7,11H,2-5,8,15H2,1H3,(H,16,17);5-7,11H,2-4,8-9,15H2,1H3;1-2H3;2H,1H3. The molecule has 0 aromatic heterocycles. The van der Waals surface area contributed by atoms with Crippen LogP contribution in [0.5, 0.6) is 11.5 Å². The first-order chi connectivity index (χ1) is 18.9. The highest BCUT2D eigenvalue weighted by molar-refractivity contribution is 5.67. The largest absolute Gasteiger partial charge is 0.494 e. The third-order valence-corrected chi connectivity index (χ3v) is 6.52. The summed E-state index contributed by atoms with van der Waals surface area (Å²) >= 11 is 0. The zero-order valence-corrected chi connectivity index (χ0v) is 24.3. The van der Waals surface area contributed by atoms with Gasteiger partial charge < -0.3 is 35.9 Å². The van der Waals surface area contributed by atoms with E-state index in [1.807, 2.05) is 45.9 Å². The second-order valence-electron chi connectivity index (χ2n) is 9.20. The molecule has 2 aliphatic rings. The Bertz CT molecular complexity index is 1040. The topological polar surface area (TPSA) is 145 Å². The Morgan fingerprint density at radius 1 is 0.923 bits per heavy atom. The number of aliphatic hydroxyl groups excluding tert-OH is 1. The Kier molecular flexibility index (Phi) is 16.1. The molecular weight excluding hydrogens is 496 g/mol. The van der Waals surface area contributed by atoms with Crippen LogP contribution in [0.25, 0.3) is 0 Å². The molecule has 2 unspecified atom stereocenters. The molecule has 0 aliphatic heterocycles. The number of hydrogen-bond donors (Lipinski definition) is 4. The minimum absolute atomic E-state index is 0.150. The van der Waals surface area contributed by atoms with Crippen LogP contribution in [0.2, 0.25) is 0 Å². The molecule has 0 amide bonds. The summed E-state index contributed by atoms with van der Waals surface area (Å²) in [5.41, 5.74) is 19.3. The number of aryl methyl sites for hydroxylation is 1. The summed E-state index contributed by atoms with van der Waals surface area (Å²) in [6.07, 6.45) is 6.51. The summed E-state index contributed by atoms with van der Waals surface area (Å²) < 4.78 is 11.2. The number of hydrogen-bond acceptors (Lipinski definition) is 7. The van der Waals surface area contributed by atoms with Gasteiger partial charge in [0.2, 0.25) is 0 Å². The van der Waals surface area contributed by atoms with E-state index in [1.165, 1.54) is 27.8 Å². The predicted molar refractivity (Wildman–Crippen MR) is 156 cm³/mol. The van der Waals surface area contributed by atoms with Gasteiger partial charge in [0.1, 0.15) is 17.8 Å². The van der Waals surface area contributed by atoms with Crippen molar-refractivity contribution in [3.05, 3.63) is 57.6 Å². The Labute approximate surface area is 233 Å². The molecule has 0 bridgehead atoms. The maximum Gasteiger partial charge on any atom is 0.303 e. The number of carbonyl (C=O) groups is 2. The first-order valence-corrected chi connectivity index (χ1v) is 14.0. The zero-order chi connectivity index (χ0) is 29.4. The van der Waals surface area contributed by atoms with Crippen molar-refractivity contribution in [3.8, 4) is 11.5 Å². The average molecular weight is 545 g/mol. The maximum absolute atomic E-state index is 10.7. The van der Waals surface area contributed by atoms with Crippen LogP contribution in [0.3, 0.4) is 0 Å². The molecular formula is C31H48N2O6. The fourth-order valence-corrected chi connectivity index (χ4v) is 5.09. The van der Waals surface area contributed by atoms with Gasteiger partial charge in [-0.05, 0) is 104 Å². The van der Waals surface area contributed by atoms with E-state index < -0.39 is 5.97 Å². The van der Waals surface area contributed by atoms with Gasteiger partial charge in [0.15, 0.2) is 0 Å². The highest BCUT2D eigenvalue weighted by Gasteiger charge is 2.24. The van der Waals surface area contributed by atoms with Crippen molar-refractivity contribution in [2.24, 2.45) is 11.5 Å². The van der Waals surface area contributed by atoms with Crippen LogP contribution in [0.1, 0.15) is 73.9 Å². The van der Waals surface area contributed by atoms with Gasteiger partial charge in [0.25, 0.3) is 0 Å². The molecule has 0 saturated heterocycles. The van der Waals surface area contributed by atoms with Gasteiger partial charge in [0.05, 0.1) is 13.2 Å². The molecule has 0 heterocycles. The third kappa shape index (κ3) is 10.3.